The lowest BCUT2D eigenvalue weighted by Crippen LogP contribution is -2.33. The van der Waals surface area contributed by atoms with Crippen LogP contribution in [0.15, 0.2) is 6.07 Å². The number of carbonyl (C=O) groups excluding carboxylic acids is 2. The molecule has 2 amide bonds. The normalized spacial score (nSPS) is 25.4. The number of carbonyl (C=O) groups is 2. The summed E-state index contributed by atoms with van der Waals surface area (Å²) in [5.74, 6) is 0.912. The average molecular weight is 369 g/mol. The largest absolute Gasteiger partial charge is 0.481 e. The second-order valence-corrected chi connectivity index (χ2v) is 8.71. The zero-order valence-electron chi connectivity index (χ0n) is 15.9. The molecule has 0 radical (unpaired) electrons. The highest BCUT2D eigenvalue weighted by atomic mass is 16.5. The maximum Gasteiger partial charge on any atom is 0.256 e. The summed E-state index contributed by atoms with van der Waals surface area (Å²) in [7, 11) is 1.59. The fourth-order valence-electron chi connectivity index (χ4n) is 5.29. The van der Waals surface area contributed by atoms with Gasteiger partial charge in [0, 0.05) is 24.1 Å². The topological polar surface area (TPSA) is 71.5 Å². The Bertz CT molecular complexity index is 796. The molecule has 1 aliphatic heterocycles. The second kappa shape index (κ2) is 6.21. The van der Waals surface area contributed by atoms with Crippen molar-refractivity contribution in [3.8, 4) is 5.88 Å². The number of pyridine rings is 1. The number of nitrogens with one attached hydrogen (secondary N) is 1. The summed E-state index contributed by atoms with van der Waals surface area (Å²) in [6, 6.07) is 2.22. The van der Waals surface area contributed by atoms with Crippen molar-refractivity contribution in [2.45, 2.75) is 70.5 Å². The van der Waals surface area contributed by atoms with Gasteiger partial charge < -0.3 is 15.0 Å². The second-order valence-electron chi connectivity index (χ2n) is 8.71. The highest BCUT2D eigenvalue weighted by Crippen LogP contribution is 2.65. The van der Waals surface area contributed by atoms with Crippen LogP contribution in [-0.2, 0) is 17.9 Å². The van der Waals surface area contributed by atoms with E-state index >= 15 is 0 Å². The van der Waals surface area contributed by atoms with E-state index in [1.54, 1.807) is 7.11 Å². The Morgan fingerprint density at radius 3 is 2.74 bits per heavy atom. The Morgan fingerprint density at radius 2 is 2.11 bits per heavy atom. The van der Waals surface area contributed by atoms with Crippen LogP contribution >= 0.6 is 0 Å². The van der Waals surface area contributed by atoms with E-state index in [1.807, 2.05) is 11.0 Å². The number of methoxy groups -OCH3 is 1. The molecule has 1 atom stereocenters. The predicted molar refractivity (Wildman–Crippen MR) is 99.2 cm³/mol. The van der Waals surface area contributed by atoms with Crippen molar-refractivity contribution in [2.24, 2.45) is 11.3 Å². The van der Waals surface area contributed by atoms with Gasteiger partial charge in [0.15, 0.2) is 0 Å². The molecule has 6 heteroatoms. The number of hydrogen-bond donors (Lipinski definition) is 1. The summed E-state index contributed by atoms with van der Waals surface area (Å²) in [6.07, 6.45) is 9.24. The van der Waals surface area contributed by atoms with Crippen molar-refractivity contribution in [3.63, 3.8) is 0 Å². The number of ether oxygens (including phenoxy) is 1. The van der Waals surface area contributed by atoms with Crippen LogP contribution in [0.4, 0.5) is 0 Å². The third-order valence-corrected chi connectivity index (χ3v) is 7.22. The first-order chi connectivity index (χ1) is 13.1. The molecule has 0 bridgehead atoms. The molecule has 1 aromatic rings. The molecule has 3 aliphatic carbocycles. The van der Waals surface area contributed by atoms with E-state index in [0.717, 1.165) is 30.5 Å². The molecule has 0 unspecified atom stereocenters. The lowest BCUT2D eigenvalue weighted by molar-refractivity contribution is -0.123. The van der Waals surface area contributed by atoms with Crippen LogP contribution < -0.4 is 10.1 Å². The third-order valence-electron chi connectivity index (χ3n) is 7.22. The predicted octanol–water partition coefficient (Wildman–Crippen LogP) is 2.80. The van der Waals surface area contributed by atoms with Crippen LogP contribution in [-0.4, -0.2) is 34.8 Å². The molecular weight excluding hydrogens is 342 g/mol. The van der Waals surface area contributed by atoms with E-state index in [-0.39, 0.29) is 17.7 Å². The molecule has 1 aromatic heterocycles. The zero-order chi connectivity index (χ0) is 18.6. The Hall–Kier alpha value is -2.11. The molecule has 2 heterocycles. The van der Waals surface area contributed by atoms with Gasteiger partial charge in [-0.05, 0) is 43.6 Å². The summed E-state index contributed by atoms with van der Waals surface area (Å²) in [4.78, 5) is 31.9. The third kappa shape index (κ3) is 2.72. The number of rotatable bonds is 5. The van der Waals surface area contributed by atoms with E-state index in [2.05, 4.69) is 10.3 Å². The minimum atomic E-state index is 0.0789. The molecule has 6 nitrogen and oxygen atoms in total. The summed E-state index contributed by atoms with van der Waals surface area (Å²) in [5.41, 5.74) is 2.58. The zero-order valence-corrected chi connectivity index (χ0v) is 15.9. The highest BCUT2D eigenvalue weighted by Gasteiger charge is 2.60. The number of aromatic nitrogens is 1. The fraction of sp³-hybridized carbons (Fsp3) is 0.667. The molecule has 3 fully saturated rings. The van der Waals surface area contributed by atoms with Crippen LogP contribution in [0.5, 0.6) is 5.88 Å². The Morgan fingerprint density at radius 1 is 1.33 bits per heavy atom. The molecule has 4 aliphatic rings. The molecule has 5 rings (SSSR count). The van der Waals surface area contributed by atoms with Crippen molar-refractivity contribution < 1.29 is 14.3 Å². The average Bonchev–Trinajstić information content (AvgIpc) is 3.06. The van der Waals surface area contributed by atoms with Crippen molar-refractivity contribution in [1.29, 1.82) is 0 Å². The standard InChI is InChI=1S/C21H27N3O3/c1-27-19-13(11-22-18(25)16-10-21(16)7-4-8-21)9-15-17(23-19)12-24(20(15)26)14-5-2-3-6-14/h9,14,16H,2-8,10-12H2,1H3,(H,22,25)/t16-/m1/s1. The van der Waals surface area contributed by atoms with Crippen molar-refractivity contribution >= 4 is 11.8 Å². The fourth-order valence-corrected chi connectivity index (χ4v) is 5.29. The highest BCUT2D eigenvalue weighted by molar-refractivity contribution is 5.98. The quantitative estimate of drug-likeness (QED) is 0.866. The smallest absolute Gasteiger partial charge is 0.256 e. The van der Waals surface area contributed by atoms with Gasteiger partial charge in [-0.25, -0.2) is 4.98 Å². The van der Waals surface area contributed by atoms with Gasteiger partial charge in [-0.2, -0.15) is 0 Å². The maximum absolute atomic E-state index is 12.9. The van der Waals surface area contributed by atoms with Gasteiger partial charge in [-0.3, -0.25) is 9.59 Å². The lowest BCUT2D eigenvalue weighted by atomic mass is 9.80. The maximum atomic E-state index is 12.9. The Kier molecular flexibility index (Phi) is 3.92. The summed E-state index contributed by atoms with van der Waals surface area (Å²) in [5, 5.41) is 3.05. The van der Waals surface area contributed by atoms with Gasteiger partial charge >= 0.3 is 0 Å². The van der Waals surface area contributed by atoms with Gasteiger partial charge in [0.05, 0.1) is 24.9 Å². The molecule has 0 saturated heterocycles. The van der Waals surface area contributed by atoms with Crippen molar-refractivity contribution in [2.75, 3.05) is 7.11 Å². The Balaban J connectivity index is 1.30. The summed E-state index contributed by atoms with van der Waals surface area (Å²) in [6.45, 7) is 0.942. The van der Waals surface area contributed by atoms with Gasteiger partial charge in [0.2, 0.25) is 11.8 Å². The van der Waals surface area contributed by atoms with Gasteiger partial charge in [-0.15, -0.1) is 0 Å². The first kappa shape index (κ1) is 17.0. The molecule has 1 spiro atoms. The van der Waals surface area contributed by atoms with Crippen LogP contribution in [0.1, 0.15) is 73.0 Å². The SMILES string of the molecule is COc1nc2c(cc1CNC(=O)[C@H]1CC13CCC3)C(=O)N(C1CCCC1)C2. The molecular formula is C21H27N3O3. The summed E-state index contributed by atoms with van der Waals surface area (Å²) < 4.78 is 5.46. The number of hydrogen-bond acceptors (Lipinski definition) is 4. The molecule has 144 valence electrons. The van der Waals surface area contributed by atoms with Gasteiger partial charge in [0.1, 0.15) is 0 Å². The molecule has 1 N–H and O–H groups in total. The number of nitrogens with zero attached hydrogens (tertiary/aromatic N) is 2. The van der Waals surface area contributed by atoms with Crippen molar-refractivity contribution in [1.82, 2.24) is 15.2 Å². The van der Waals surface area contributed by atoms with E-state index < -0.39 is 0 Å². The van der Waals surface area contributed by atoms with Crippen LogP contribution in [0.3, 0.4) is 0 Å². The number of fused-ring (bicyclic) bond motifs is 1. The van der Waals surface area contributed by atoms with E-state index in [1.165, 1.54) is 32.1 Å². The van der Waals surface area contributed by atoms with Crippen LogP contribution in [0, 0.1) is 11.3 Å². The monoisotopic (exact) mass is 369 g/mol. The first-order valence-corrected chi connectivity index (χ1v) is 10.3. The van der Waals surface area contributed by atoms with E-state index in [9.17, 15) is 9.59 Å². The van der Waals surface area contributed by atoms with Crippen molar-refractivity contribution in [3.05, 3.63) is 22.9 Å². The number of amides is 2. The minimum Gasteiger partial charge on any atom is -0.481 e. The van der Waals surface area contributed by atoms with Gasteiger partial charge in [-0.1, -0.05) is 19.3 Å². The van der Waals surface area contributed by atoms with Gasteiger partial charge in [0.25, 0.3) is 5.91 Å². The van der Waals surface area contributed by atoms with Crippen LogP contribution in [0.25, 0.3) is 0 Å². The molecule has 27 heavy (non-hydrogen) atoms. The summed E-state index contributed by atoms with van der Waals surface area (Å²) >= 11 is 0. The molecule has 0 aromatic carbocycles. The lowest BCUT2D eigenvalue weighted by Gasteiger charge is -2.26. The minimum absolute atomic E-state index is 0.0789. The van der Waals surface area contributed by atoms with E-state index in [4.69, 9.17) is 4.74 Å². The van der Waals surface area contributed by atoms with Crippen LogP contribution in [0.2, 0.25) is 0 Å². The molecule has 3 saturated carbocycles. The van der Waals surface area contributed by atoms with E-state index in [0.29, 0.717) is 36.0 Å². The Labute approximate surface area is 159 Å². The first-order valence-electron chi connectivity index (χ1n) is 10.3.